The van der Waals surface area contributed by atoms with E-state index in [0.717, 1.165) is 19.4 Å². The van der Waals surface area contributed by atoms with Gasteiger partial charge in [0.25, 0.3) is 0 Å². The van der Waals surface area contributed by atoms with Gasteiger partial charge in [0.05, 0.1) is 12.2 Å². The smallest absolute Gasteiger partial charge is 0.241 e. The molecule has 0 aromatic heterocycles. The summed E-state index contributed by atoms with van der Waals surface area (Å²) in [5.74, 6) is 0.880. The second-order valence-corrected chi connectivity index (χ2v) is 5.80. The molecule has 0 bridgehead atoms. The van der Waals surface area contributed by atoms with Crippen molar-refractivity contribution < 1.29 is 4.79 Å². The average molecular weight is 260 g/mol. The molecule has 3 nitrogen and oxygen atoms in total. The van der Waals surface area contributed by atoms with E-state index in [1.54, 1.807) is 0 Å². The van der Waals surface area contributed by atoms with Gasteiger partial charge in [-0.15, -0.1) is 0 Å². The van der Waals surface area contributed by atoms with Crippen LogP contribution >= 0.6 is 0 Å². The molecular weight excluding hydrogens is 236 g/mol. The highest BCUT2D eigenvalue weighted by molar-refractivity contribution is 5.84. The summed E-state index contributed by atoms with van der Waals surface area (Å²) in [7, 11) is 0. The summed E-state index contributed by atoms with van der Waals surface area (Å²) in [6, 6.07) is 10.1. The molecule has 0 radical (unpaired) electrons. The van der Waals surface area contributed by atoms with Gasteiger partial charge in [-0.25, -0.2) is 0 Å². The van der Waals surface area contributed by atoms with Crippen molar-refractivity contribution >= 4 is 5.91 Å². The van der Waals surface area contributed by atoms with Gasteiger partial charge in [-0.3, -0.25) is 10.1 Å². The lowest BCUT2D eigenvalue weighted by Gasteiger charge is -2.21. The Morgan fingerprint density at radius 3 is 2.58 bits per heavy atom. The van der Waals surface area contributed by atoms with Crippen molar-refractivity contribution in [3.05, 3.63) is 35.9 Å². The molecule has 2 atom stereocenters. The fraction of sp³-hybridized carbons (Fsp3) is 0.562. The lowest BCUT2D eigenvalue weighted by Crippen LogP contribution is -2.35. The first-order valence-electron chi connectivity index (χ1n) is 7.18. The number of rotatable bonds is 5. The van der Waals surface area contributed by atoms with Crippen LogP contribution in [-0.2, 0) is 11.2 Å². The van der Waals surface area contributed by atoms with E-state index in [9.17, 15) is 4.79 Å². The van der Waals surface area contributed by atoms with E-state index in [-0.39, 0.29) is 18.1 Å². The summed E-state index contributed by atoms with van der Waals surface area (Å²) in [6.45, 7) is 7.32. The molecule has 1 aromatic rings. The summed E-state index contributed by atoms with van der Waals surface area (Å²) in [6.07, 6.45) is 2.00. The van der Waals surface area contributed by atoms with Crippen molar-refractivity contribution in [1.82, 2.24) is 10.2 Å². The van der Waals surface area contributed by atoms with Gasteiger partial charge in [0.1, 0.15) is 0 Å². The van der Waals surface area contributed by atoms with Gasteiger partial charge in [0.2, 0.25) is 5.91 Å². The molecule has 0 aliphatic carbocycles. The normalized spacial score (nSPS) is 23.4. The van der Waals surface area contributed by atoms with Crippen molar-refractivity contribution in [2.45, 2.75) is 45.8 Å². The Balaban J connectivity index is 1.96. The number of carbonyl (C=O) groups is 1. The van der Waals surface area contributed by atoms with E-state index in [0.29, 0.717) is 5.92 Å². The van der Waals surface area contributed by atoms with Crippen LogP contribution in [0.3, 0.4) is 0 Å². The molecule has 1 aliphatic rings. The molecule has 0 spiro atoms. The molecule has 1 heterocycles. The lowest BCUT2D eigenvalue weighted by molar-refractivity contribution is -0.130. The molecule has 2 rings (SSSR count). The molecule has 0 saturated carbocycles. The summed E-state index contributed by atoms with van der Waals surface area (Å²) < 4.78 is 0. The zero-order valence-electron chi connectivity index (χ0n) is 12.1. The zero-order chi connectivity index (χ0) is 13.8. The van der Waals surface area contributed by atoms with Crippen LogP contribution in [-0.4, -0.2) is 29.6 Å². The minimum absolute atomic E-state index is 0.0652. The molecule has 1 amide bonds. The number of nitrogens with one attached hydrogen (secondary N) is 1. The predicted molar refractivity (Wildman–Crippen MR) is 77.7 cm³/mol. The minimum Gasteiger partial charge on any atom is -0.326 e. The maximum atomic E-state index is 12.4. The predicted octanol–water partition coefficient (Wildman–Crippen LogP) is 2.42. The standard InChI is InChI=1S/C16H24N2O/c1-12(2)9-10-18-13(3)17-15(16(18)19)11-14-7-5-4-6-8-14/h4-8,12-13,15,17H,9-11H2,1-3H3. The third-order valence-electron chi connectivity index (χ3n) is 3.72. The molecule has 1 aromatic carbocycles. The van der Waals surface area contributed by atoms with E-state index in [1.165, 1.54) is 5.56 Å². The van der Waals surface area contributed by atoms with Gasteiger partial charge in [-0.2, -0.15) is 0 Å². The minimum atomic E-state index is -0.0652. The van der Waals surface area contributed by atoms with Crippen LogP contribution < -0.4 is 5.32 Å². The Kier molecular flexibility index (Phi) is 4.59. The highest BCUT2D eigenvalue weighted by Crippen LogP contribution is 2.16. The number of nitrogens with zero attached hydrogens (tertiary/aromatic N) is 1. The van der Waals surface area contributed by atoms with Crippen LogP contribution in [0.4, 0.5) is 0 Å². The summed E-state index contributed by atoms with van der Waals surface area (Å²) in [5.41, 5.74) is 1.21. The Bertz CT molecular complexity index is 416. The number of carbonyl (C=O) groups excluding carboxylic acids is 1. The van der Waals surface area contributed by atoms with Crippen LogP contribution in [0.25, 0.3) is 0 Å². The SMILES string of the molecule is CC(C)CCN1C(=O)C(Cc2ccccc2)NC1C. The molecule has 19 heavy (non-hydrogen) atoms. The third kappa shape index (κ3) is 3.57. The zero-order valence-corrected chi connectivity index (χ0v) is 12.1. The van der Waals surface area contributed by atoms with E-state index in [4.69, 9.17) is 0 Å². The second kappa shape index (κ2) is 6.20. The molecular formula is C16H24N2O. The lowest BCUT2D eigenvalue weighted by atomic mass is 10.1. The Morgan fingerprint density at radius 1 is 1.26 bits per heavy atom. The van der Waals surface area contributed by atoms with Gasteiger partial charge in [-0.1, -0.05) is 44.2 Å². The molecule has 1 saturated heterocycles. The van der Waals surface area contributed by atoms with Crippen molar-refractivity contribution in [1.29, 1.82) is 0 Å². The van der Waals surface area contributed by atoms with Crippen molar-refractivity contribution in [2.75, 3.05) is 6.54 Å². The maximum Gasteiger partial charge on any atom is 0.241 e. The highest BCUT2D eigenvalue weighted by atomic mass is 16.2. The van der Waals surface area contributed by atoms with Crippen LogP contribution in [0.15, 0.2) is 30.3 Å². The van der Waals surface area contributed by atoms with Crippen LogP contribution in [0.5, 0.6) is 0 Å². The number of amides is 1. The fourth-order valence-electron chi connectivity index (χ4n) is 2.54. The van der Waals surface area contributed by atoms with Gasteiger partial charge < -0.3 is 4.90 Å². The van der Waals surface area contributed by atoms with E-state index >= 15 is 0 Å². The summed E-state index contributed by atoms with van der Waals surface area (Å²) in [4.78, 5) is 14.4. The first-order valence-corrected chi connectivity index (χ1v) is 7.18. The number of benzene rings is 1. The summed E-state index contributed by atoms with van der Waals surface area (Å²) in [5, 5.41) is 3.40. The Labute approximate surface area is 116 Å². The van der Waals surface area contributed by atoms with Crippen molar-refractivity contribution in [3.63, 3.8) is 0 Å². The average Bonchev–Trinajstić information content (AvgIpc) is 2.63. The topological polar surface area (TPSA) is 32.3 Å². The third-order valence-corrected chi connectivity index (χ3v) is 3.72. The van der Waals surface area contributed by atoms with Crippen LogP contribution in [0, 0.1) is 5.92 Å². The van der Waals surface area contributed by atoms with Gasteiger partial charge >= 0.3 is 0 Å². The first-order chi connectivity index (χ1) is 9.08. The highest BCUT2D eigenvalue weighted by Gasteiger charge is 2.35. The number of hydrogen-bond acceptors (Lipinski definition) is 2. The van der Waals surface area contributed by atoms with Crippen molar-refractivity contribution in [2.24, 2.45) is 5.92 Å². The van der Waals surface area contributed by atoms with E-state index in [2.05, 4.69) is 38.2 Å². The molecule has 2 unspecified atom stereocenters. The van der Waals surface area contributed by atoms with Crippen molar-refractivity contribution in [3.8, 4) is 0 Å². The molecule has 1 N–H and O–H groups in total. The maximum absolute atomic E-state index is 12.4. The molecule has 1 fully saturated rings. The quantitative estimate of drug-likeness (QED) is 0.882. The number of hydrogen-bond donors (Lipinski definition) is 1. The monoisotopic (exact) mass is 260 g/mol. The largest absolute Gasteiger partial charge is 0.326 e. The Morgan fingerprint density at radius 2 is 1.95 bits per heavy atom. The fourth-order valence-corrected chi connectivity index (χ4v) is 2.54. The van der Waals surface area contributed by atoms with E-state index < -0.39 is 0 Å². The van der Waals surface area contributed by atoms with Gasteiger partial charge in [-0.05, 0) is 31.2 Å². The van der Waals surface area contributed by atoms with Crippen LogP contribution in [0.1, 0.15) is 32.8 Å². The van der Waals surface area contributed by atoms with Gasteiger partial charge in [0, 0.05) is 6.54 Å². The first kappa shape index (κ1) is 14.1. The molecule has 1 aliphatic heterocycles. The summed E-state index contributed by atoms with van der Waals surface area (Å²) >= 11 is 0. The molecule has 104 valence electrons. The van der Waals surface area contributed by atoms with Crippen LogP contribution in [0.2, 0.25) is 0 Å². The Hall–Kier alpha value is -1.35. The van der Waals surface area contributed by atoms with E-state index in [1.807, 2.05) is 23.1 Å². The second-order valence-electron chi connectivity index (χ2n) is 5.80. The van der Waals surface area contributed by atoms with Gasteiger partial charge in [0.15, 0.2) is 0 Å². The molecule has 3 heteroatoms.